The van der Waals surface area contributed by atoms with E-state index in [1.54, 1.807) is 0 Å². The summed E-state index contributed by atoms with van der Waals surface area (Å²) in [5.41, 5.74) is 5.79. The molecule has 1 aromatic carbocycles. The molecule has 2 rings (SSSR count). The van der Waals surface area contributed by atoms with Gasteiger partial charge in [0, 0.05) is 12.1 Å². The van der Waals surface area contributed by atoms with Gasteiger partial charge in [-0.1, -0.05) is 0 Å². The molecule has 1 heterocycles. The van der Waals surface area contributed by atoms with Crippen LogP contribution in [0.25, 0.3) is 5.69 Å². The highest BCUT2D eigenvalue weighted by Crippen LogP contribution is 2.27. The van der Waals surface area contributed by atoms with Crippen LogP contribution in [0.3, 0.4) is 0 Å². The third-order valence-corrected chi connectivity index (χ3v) is 1.96. The van der Waals surface area contributed by atoms with Gasteiger partial charge in [0.15, 0.2) is 11.6 Å². The molecule has 90 valence electrons. The maximum absolute atomic E-state index is 13.2. The van der Waals surface area contributed by atoms with E-state index in [0.29, 0.717) is 0 Å². The first-order chi connectivity index (χ1) is 8.08. The van der Waals surface area contributed by atoms with Gasteiger partial charge in [0.2, 0.25) is 0 Å². The van der Waals surface area contributed by atoms with Crippen LogP contribution in [0, 0.1) is 5.82 Å². The number of ether oxygens (including phenoxy) is 1. The zero-order valence-corrected chi connectivity index (χ0v) is 8.35. The fraction of sp³-hybridized carbons (Fsp3) is 0.111. The molecule has 0 amide bonds. The van der Waals surface area contributed by atoms with Crippen molar-refractivity contribution < 1.29 is 17.9 Å². The minimum absolute atomic E-state index is 0.0367. The molecule has 1 aromatic heterocycles. The molecule has 0 aliphatic heterocycles. The minimum Gasteiger partial charge on any atom is -0.432 e. The molecule has 8 heteroatoms. The number of anilines is 1. The average molecular weight is 244 g/mol. The Bertz CT molecular complexity index is 515. The van der Waals surface area contributed by atoms with Crippen molar-refractivity contribution in [2.75, 3.05) is 5.73 Å². The largest absolute Gasteiger partial charge is 0.432 e. The summed E-state index contributed by atoms with van der Waals surface area (Å²) in [5.74, 6) is -1.56. The fourth-order valence-electron chi connectivity index (χ4n) is 1.28. The highest BCUT2D eigenvalue weighted by molar-refractivity contribution is 5.60. The average Bonchev–Trinajstić information content (AvgIpc) is 2.74. The number of nitrogen functional groups attached to an aromatic ring is 1. The Labute approximate surface area is 93.6 Å². The molecule has 0 bridgehead atoms. The van der Waals surface area contributed by atoms with Gasteiger partial charge in [-0.25, -0.2) is 14.1 Å². The Morgan fingerprint density at radius 3 is 2.71 bits per heavy atom. The second kappa shape index (κ2) is 4.32. The van der Waals surface area contributed by atoms with Gasteiger partial charge in [-0.2, -0.15) is 13.9 Å². The van der Waals surface area contributed by atoms with E-state index < -0.39 is 18.2 Å². The number of hydrogen-bond donors (Lipinski definition) is 1. The summed E-state index contributed by atoms with van der Waals surface area (Å²) >= 11 is 0. The highest BCUT2D eigenvalue weighted by atomic mass is 19.3. The van der Waals surface area contributed by atoms with Crippen molar-refractivity contribution in [3.8, 4) is 11.4 Å². The number of halogens is 3. The lowest BCUT2D eigenvalue weighted by Gasteiger charge is -2.10. The summed E-state index contributed by atoms with van der Waals surface area (Å²) in [5, 5.41) is 3.76. The van der Waals surface area contributed by atoms with E-state index in [1.807, 2.05) is 0 Å². The van der Waals surface area contributed by atoms with E-state index in [4.69, 9.17) is 5.73 Å². The molecule has 0 unspecified atom stereocenters. The van der Waals surface area contributed by atoms with Crippen molar-refractivity contribution in [2.45, 2.75) is 6.61 Å². The molecular formula is C9H7F3N4O. The first-order valence-electron chi connectivity index (χ1n) is 4.47. The molecule has 17 heavy (non-hydrogen) atoms. The maximum Gasteiger partial charge on any atom is 0.387 e. The molecule has 0 aliphatic rings. The van der Waals surface area contributed by atoms with E-state index in [9.17, 15) is 13.2 Å². The lowest BCUT2D eigenvalue weighted by Crippen LogP contribution is -2.07. The lowest BCUT2D eigenvalue weighted by molar-refractivity contribution is -0.0521. The van der Waals surface area contributed by atoms with Crippen molar-refractivity contribution in [3.63, 3.8) is 0 Å². The summed E-state index contributed by atoms with van der Waals surface area (Å²) in [6, 6.07) is 1.92. The summed E-state index contributed by atoms with van der Waals surface area (Å²) in [7, 11) is 0. The summed E-state index contributed by atoms with van der Waals surface area (Å²) in [4.78, 5) is 3.67. The summed E-state index contributed by atoms with van der Waals surface area (Å²) < 4.78 is 42.5. The molecule has 0 saturated carbocycles. The summed E-state index contributed by atoms with van der Waals surface area (Å²) in [6.07, 6.45) is 2.53. The van der Waals surface area contributed by atoms with Gasteiger partial charge in [0.25, 0.3) is 0 Å². The van der Waals surface area contributed by atoms with Gasteiger partial charge < -0.3 is 10.5 Å². The standard InChI is InChI=1S/C9H7F3N4O/c10-5-1-6(13)7(16-4-14-3-15-16)2-8(5)17-9(11)12/h1-4,9H,13H2. The van der Waals surface area contributed by atoms with Crippen LogP contribution in [0.2, 0.25) is 0 Å². The first-order valence-corrected chi connectivity index (χ1v) is 4.47. The zero-order chi connectivity index (χ0) is 12.4. The molecular weight excluding hydrogens is 237 g/mol. The normalized spacial score (nSPS) is 10.8. The van der Waals surface area contributed by atoms with Gasteiger partial charge in [-0.3, -0.25) is 0 Å². The molecule has 0 aliphatic carbocycles. The number of benzene rings is 1. The van der Waals surface area contributed by atoms with Crippen molar-refractivity contribution in [2.24, 2.45) is 0 Å². The lowest BCUT2D eigenvalue weighted by atomic mass is 10.2. The predicted octanol–water partition coefficient (Wildman–Crippen LogP) is 1.59. The van der Waals surface area contributed by atoms with Gasteiger partial charge in [0.05, 0.1) is 11.4 Å². The Balaban J connectivity index is 2.46. The zero-order valence-electron chi connectivity index (χ0n) is 8.35. The molecule has 2 N–H and O–H groups in total. The van der Waals surface area contributed by atoms with E-state index in [0.717, 1.165) is 12.1 Å². The molecule has 0 fully saturated rings. The van der Waals surface area contributed by atoms with Crippen LogP contribution >= 0.6 is 0 Å². The van der Waals surface area contributed by atoms with Crippen molar-refractivity contribution in [1.82, 2.24) is 14.8 Å². The molecule has 5 nitrogen and oxygen atoms in total. The van der Waals surface area contributed by atoms with E-state index >= 15 is 0 Å². The number of nitrogens with zero attached hydrogens (tertiary/aromatic N) is 3. The van der Waals surface area contributed by atoms with Gasteiger partial charge in [0.1, 0.15) is 12.7 Å². The number of hydrogen-bond acceptors (Lipinski definition) is 4. The van der Waals surface area contributed by atoms with Crippen molar-refractivity contribution in [3.05, 3.63) is 30.6 Å². The van der Waals surface area contributed by atoms with Crippen LogP contribution in [-0.2, 0) is 0 Å². The second-order valence-corrected chi connectivity index (χ2v) is 3.06. The van der Waals surface area contributed by atoms with Crippen LogP contribution in [-0.4, -0.2) is 21.4 Å². The molecule has 0 spiro atoms. The van der Waals surface area contributed by atoms with Crippen LogP contribution in [0.15, 0.2) is 24.8 Å². The quantitative estimate of drug-likeness (QED) is 0.832. The van der Waals surface area contributed by atoms with Crippen molar-refractivity contribution >= 4 is 5.69 Å². The smallest absolute Gasteiger partial charge is 0.387 e. The van der Waals surface area contributed by atoms with Gasteiger partial charge in [-0.05, 0) is 0 Å². The predicted molar refractivity (Wildman–Crippen MR) is 52.4 cm³/mol. The van der Waals surface area contributed by atoms with Gasteiger partial charge >= 0.3 is 6.61 Å². The first kappa shape index (κ1) is 11.2. The fourth-order valence-corrected chi connectivity index (χ4v) is 1.28. The second-order valence-electron chi connectivity index (χ2n) is 3.06. The minimum atomic E-state index is -3.11. The Kier molecular flexibility index (Phi) is 2.86. The van der Waals surface area contributed by atoms with E-state index in [1.165, 1.54) is 17.3 Å². The van der Waals surface area contributed by atoms with Crippen LogP contribution < -0.4 is 10.5 Å². The Morgan fingerprint density at radius 2 is 2.12 bits per heavy atom. The monoisotopic (exact) mass is 244 g/mol. The highest BCUT2D eigenvalue weighted by Gasteiger charge is 2.14. The Hall–Kier alpha value is -2.25. The topological polar surface area (TPSA) is 66.0 Å². The van der Waals surface area contributed by atoms with Crippen LogP contribution in [0.5, 0.6) is 5.75 Å². The van der Waals surface area contributed by atoms with E-state index in [-0.39, 0.29) is 11.4 Å². The van der Waals surface area contributed by atoms with Gasteiger partial charge in [-0.15, -0.1) is 0 Å². The number of alkyl halides is 2. The molecule has 2 aromatic rings. The molecule has 0 atom stereocenters. The third-order valence-electron chi connectivity index (χ3n) is 1.96. The SMILES string of the molecule is Nc1cc(F)c(OC(F)F)cc1-n1cncn1. The summed E-state index contributed by atoms with van der Waals surface area (Å²) in [6.45, 7) is -3.11. The molecule has 0 saturated heterocycles. The maximum atomic E-state index is 13.2. The van der Waals surface area contributed by atoms with E-state index in [2.05, 4.69) is 14.8 Å². The van der Waals surface area contributed by atoms with Crippen molar-refractivity contribution in [1.29, 1.82) is 0 Å². The number of aromatic nitrogens is 3. The molecule has 0 radical (unpaired) electrons. The third kappa shape index (κ3) is 2.30. The van der Waals surface area contributed by atoms with Crippen LogP contribution in [0.4, 0.5) is 18.9 Å². The number of nitrogens with two attached hydrogens (primary N) is 1. The van der Waals surface area contributed by atoms with Crippen LogP contribution in [0.1, 0.15) is 0 Å². The number of rotatable bonds is 3. The Morgan fingerprint density at radius 1 is 1.35 bits per heavy atom.